The van der Waals surface area contributed by atoms with Crippen molar-refractivity contribution in [1.29, 1.82) is 0 Å². The number of phosphoric acid groups is 1. The first-order valence-corrected chi connectivity index (χ1v) is 9.26. The van der Waals surface area contributed by atoms with E-state index in [9.17, 15) is 14.4 Å². The van der Waals surface area contributed by atoms with Gasteiger partial charge >= 0.3 is 59.1 Å². The van der Waals surface area contributed by atoms with Gasteiger partial charge in [0, 0.05) is 5.22 Å². The van der Waals surface area contributed by atoms with Gasteiger partial charge in [0.15, 0.2) is 0 Å². The zero-order valence-electron chi connectivity index (χ0n) is 15.1. The van der Waals surface area contributed by atoms with Gasteiger partial charge in [0.2, 0.25) is 0 Å². The topological polar surface area (TPSA) is 149 Å². The Morgan fingerprint density at radius 1 is 1.33 bits per heavy atom. The van der Waals surface area contributed by atoms with E-state index in [1.165, 1.54) is 6.33 Å². The fraction of sp³-hybridized carbons (Fsp3) is 0.500. The van der Waals surface area contributed by atoms with Gasteiger partial charge in [0.1, 0.15) is 12.1 Å². The molecule has 2 aliphatic heterocycles. The second kappa shape index (κ2) is 9.32. The van der Waals surface area contributed by atoms with Gasteiger partial charge in [0.25, 0.3) is 0 Å². The van der Waals surface area contributed by atoms with Gasteiger partial charge < -0.3 is 34.2 Å². The molecule has 0 bridgehead atoms. The predicted molar refractivity (Wildman–Crippen MR) is 84.2 cm³/mol. The van der Waals surface area contributed by atoms with Crippen molar-refractivity contribution in [2.24, 2.45) is 4.99 Å². The molecule has 1 aromatic heterocycles. The molecule has 0 radical (unpaired) electrons. The number of nitrogens with zero attached hydrogens (tertiary/aromatic N) is 4. The molecule has 13 heteroatoms. The number of ether oxygens (including phenoxy) is 1. The Hall–Kier alpha value is 0.160. The third-order valence-corrected chi connectivity index (χ3v) is 5.04. The second-order valence-corrected chi connectivity index (χ2v) is 7.32. The second-order valence-electron chi connectivity index (χ2n) is 6.17. The van der Waals surface area contributed by atoms with Crippen LogP contribution in [0.15, 0.2) is 11.3 Å². The third-order valence-electron chi connectivity index (χ3n) is 4.58. The fourth-order valence-electron chi connectivity index (χ4n) is 3.40. The standard InChI is InChI=1S/C14H18N5O5P.2Na/c15-14-10-2-12-13(3-11(10)16-6-17-14)19(7-18-12)8-1-9(23-4-8)5-24-25(20,21)22;;/h2-3,6-9,12-13H,1,4-5H2,(H2,15,16,17)(H2,20,21,22);;/q;2*+1/p-2/t8-,9-,12?,13?;;/m0../s1. The number of nitrogens with two attached hydrogens (primary N) is 1. The average molecular weight is 411 g/mol. The summed E-state index contributed by atoms with van der Waals surface area (Å²) in [6, 6.07) is -0.0878. The number of hydrogen-bond acceptors (Lipinski definition) is 10. The average Bonchev–Trinajstić information content (AvgIpc) is 3.17. The molecule has 1 saturated heterocycles. The summed E-state index contributed by atoms with van der Waals surface area (Å²) in [5.74, 6) is 0.425. The van der Waals surface area contributed by atoms with Crippen molar-refractivity contribution in [3.8, 4) is 0 Å². The number of phosphoric ester groups is 1. The van der Waals surface area contributed by atoms with E-state index in [1.54, 1.807) is 6.34 Å². The van der Waals surface area contributed by atoms with Gasteiger partial charge in [-0.1, -0.05) is 0 Å². The van der Waals surface area contributed by atoms with Crippen molar-refractivity contribution >= 4 is 32.1 Å². The third kappa shape index (κ3) is 5.21. The van der Waals surface area contributed by atoms with Gasteiger partial charge in [0.05, 0.1) is 57.0 Å². The molecule has 134 valence electrons. The van der Waals surface area contributed by atoms with Crippen molar-refractivity contribution < 1.29 is 82.7 Å². The van der Waals surface area contributed by atoms with Crippen LogP contribution in [-0.2, 0) is 13.8 Å². The molecule has 0 spiro atoms. The van der Waals surface area contributed by atoms with E-state index in [4.69, 9.17) is 10.5 Å². The number of hydrogen-bond donors (Lipinski definition) is 1. The molecular weight excluding hydrogens is 395 g/mol. The number of fused-ring (bicyclic) bond motifs is 2. The summed E-state index contributed by atoms with van der Waals surface area (Å²) < 4.78 is 20.4. The van der Waals surface area contributed by atoms with Crippen LogP contribution in [0, 0.1) is 0 Å². The van der Waals surface area contributed by atoms with Crippen molar-refractivity contribution in [1.82, 2.24) is 14.9 Å². The van der Waals surface area contributed by atoms with Crippen LogP contribution in [0.1, 0.15) is 6.42 Å². The molecule has 27 heavy (non-hydrogen) atoms. The number of nitrogen functional groups attached to an aromatic ring is 1. The molecule has 2 unspecified atom stereocenters. The summed E-state index contributed by atoms with van der Waals surface area (Å²) in [7, 11) is -4.99. The zero-order valence-corrected chi connectivity index (χ0v) is 20.0. The van der Waals surface area contributed by atoms with E-state index < -0.39 is 13.9 Å². The van der Waals surface area contributed by atoms with Gasteiger partial charge in [-0.15, -0.1) is 0 Å². The largest absolute Gasteiger partial charge is 1.00 e. The summed E-state index contributed by atoms with van der Waals surface area (Å²) in [5, 5.41) is 1.56. The predicted octanol–water partition coefficient (Wildman–Crippen LogP) is -9.27. The summed E-state index contributed by atoms with van der Waals surface area (Å²) in [5.41, 5.74) is 5.89. The maximum absolute atomic E-state index is 10.6. The number of rotatable bonds is 4. The van der Waals surface area contributed by atoms with Gasteiger partial charge in [-0.2, -0.15) is 0 Å². The first-order chi connectivity index (χ1) is 11.9. The van der Waals surface area contributed by atoms with E-state index in [0.29, 0.717) is 18.8 Å². The maximum atomic E-state index is 10.6. The van der Waals surface area contributed by atoms with E-state index in [2.05, 4.69) is 24.4 Å². The van der Waals surface area contributed by atoms with E-state index in [0.717, 1.165) is 10.6 Å². The van der Waals surface area contributed by atoms with Crippen LogP contribution >= 0.6 is 7.82 Å². The molecule has 3 aliphatic rings. The molecule has 3 heterocycles. The van der Waals surface area contributed by atoms with Gasteiger partial charge in [-0.05, 0) is 18.6 Å². The quantitative estimate of drug-likeness (QED) is 0.376. The molecule has 0 saturated carbocycles. The van der Waals surface area contributed by atoms with Gasteiger partial charge in [-0.3, -0.25) is 4.99 Å². The van der Waals surface area contributed by atoms with Crippen LogP contribution < -0.4 is 85.2 Å². The Balaban J connectivity index is 0.00000131. The van der Waals surface area contributed by atoms with Crippen LogP contribution in [-0.4, -0.2) is 58.6 Å². The molecule has 1 aliphatic carbocycles. The van der Waals surface area contributed by atoms with Crippen molar-refractivity contribution in [2.45, 2.75) is 30.7 Å². The first-order valence-electron chi connectivity index (χ1n) is 7.80. The number of aliphatic imine (C=N–C) groups is 1. The molecule has 0 aromatic carbocycles. The Labute approximate surface area is 199 Å². The van der Waals surface area contributed by atoms with Crippen LogP contribution in [0.5, 0.6) is 0 Å². The Bertz CT molecular complexity index is 881. The molecule has 4 rings (SSSR count). The van der Waals surface area contributed by atoms with Crippen molar-refractivity contribution in [2.75, 3.05) is 18.9 Å². The Morgan fingerprint density at radius 2 is 2.11 bits per heavy atom. The minimum Gasteiger partial charge on any atom is -0.790 e. The number of anilines is 1. The zero-order chi connectivity index (χ0) is 17.6. The molecule has 4 atom stereocenters. The maximum Gasteiger partial charge on any atom is 1.00 e. The molecular formula is C14H16N5Na2O5P. The molecule has 0 amide bonds. The normalized spacial score (nSPS) is 28.3. The van der Waals surface area contributed by atoms with Crippen LogP contribution in [0.4, 0.5) is 5.82 Å². The minimum absolute atomic E-state index is 0. The number of aromatic nitrogens is 2. The summed E-state index contributed by atoms with van der Waals surface area (Å²) in [6.45, 7) is 0.139. The van der Waals surface area contributed by atoms with E-state index in [1.807, 2.05) is 12.2 Å². The molecule has 1 aromatic rings. The Morgan fingerprint density at radius 3 is 2.85 bits per heavy atom. The first kappa shape index (κ1) is 23.4. The van der Waals surface area contributed by atoms with Crippen molar-refractivity contribution in [3.05, 3.63) is 16.9 Å². The van der Waals surface area contributed by atoms with Crippen LogP contribution in [0.3, 0.4) is 0 Å². The smallest absolute Gasteiger partial charge is 0.790 e. The summed E-state index contributed by atoms with van der Waals surface area (Å²) >= 11 is 0. The Kier molecular flexibility index (Phi) is 8.09. The molecule has 1 fully saturated rings. The van der Waals surface area contributed by atoms with Gasteiger partial charge in [-0.25, -0.2) is 9.97 Å². The molecule has 2 N–H and O–H groups in total. The molecule has 10 nitrogen and oxygen atoms in total. The summed E-state index contributed by atoms with van der Waals surface area (Å²) in [6.07, 6.45) is 7.25. The van der Waals surface area contributed by atoms with Crippen LogP contribution in [0.2, 0.25) is 0 Å². The monoisotopic (exact) mass is 411 g/mol. The summed E-state index contributed by atoms with van der Waals surface area (Å²) in [4.78, 5) is 36.0. The van der Waals surface area contributed by atoms with E-state index >= 15 is 0 Å². The van der Waals surface area contributed by atoms with Crippen LogP contribution in [0.25, 0.3) is 12.2 Å². The van der Waals surface area contributed by atoms with E-state index in [-0.39, 0.29) is 83.8 Å². The minimum atomic E-state index is -4.99. The fourth-order valence-corrected chi connectivity index (χ4v) is 3.75. The SMILES string of the molecule is Nc1ncnc2c1=CC1N=CN([C@@H]3CO[C@H](COP(=O)([O-])[O-])C3)C1C=2.[Na+].[Na+]. The van der Waals surface area contributed by atoms with Crippen molar-refractivity contribution in [3.63, 3.8) is 0 Å².